The van der Waals surface area contributed by atoms with Crippen LogP contribution in [-0.2, 0) is 13.0 Å². The van der Waals surface area contributed by atoms with Crippen LogP contribution >= 0.6 is 0 Å². The molecular weight excluding hydrogens is 226 g/mol. The van der Waals surface area contributed by atoms with Gasteiger partial charge in [0.1, 0.15) is 0 Å². The lowest BCUT2D eigenvalue weighted by molar-refractivity contribution is 0.105. The first-order valence-electron chi connectivity index (χ1n) is 6.67. The van der Waals surface area contributed by atoms with Gasteiger partial charge in [-0.1, -0.05) is 24.3 Å². The Bertz CT molecular complexity index is 370. The summed E-state index contributed by atoms with van der Waals surface area (Å²) in [6.45, 7) is 4.71. The fourth-order valence-electron chi connectivity index (χ4n) is 2.44. The standard InChI is InChI=1S/C14H23N3O/c15-6-7-16-9-14(18)11-17-8-5-12-3-1-2-4-13(12)10-17/h1-4,14,16,18H,5-11,15H2/t14-/m0/s1. The predicted octanol–water partition coefficient (Wildman–Crippen LogP) is -0.0461. The third kappa shape index (κ3) is 3.78. The number of nitrogens with two attached hydrogens (primary N) is 1. The summed E-state index contributed by atoms with van der Waals surface area (Å²) >= 11 is 0. The number of rotatable bonds is 6. The van der Waals surface area contributed by atoms with E-state index in [0.29, 0.717) is 13.1 Å². The van der Waals surface area contributed by atoms with E-state index in [1.165, 1.54) is 11.1 Å². The van der Waals surface area contributed by atoms with Gasteiger partial charge in [0.05, 0.1) is 6.10 Å². The van der Waals surface area contributed by atoms with E-state index < -0.39 is 0 Å². The molecule has 100 valence electrons. The van der Waals surface area contributed by atoms with Crippen molar-refractivity contribution in [2.24, 2.45) is 5.73 Å². The second-order valence-electron chi connectivity index (χ2n) is 4.90. The Morgan fingerprint density at radius 3 is 2.89 bits per heavy atom. The van der Waals surface area contributed by atoms with Crippen LogP contribution in [0.3, 0.4) is 0 Å². The van der Waals surface area contributed by atoms with Crippen molar-refractivity contribution in [3.63, 3.8) is 0 Å². The molecule has 1 aromatic carbocycles. The maximum atomic E-state index is 9.93. The predicted molar refractivity (Wildman–Crippen MR) is 73.4 cm³/mol. The van der Waals surface area contributed by atoms with Crippen molar-refractivity contribution in [1.29, 1.82) is 0 Å². The highest BCUT2D eigenvalue weighted by molar-refractivity contribution is 5.29. The molecule has 0 amide bonds. The zero-order valence-electron chi connectivity index (χ0n) is 10.8. The summed E-state index contributed by atoms with van der Waals surface area (Å²) < 4.78 is 0. The minimum Gasteiger partial charge on any atom is -0.390 e. The molecule has 0 radical (unpaired) electrons. The maximum Gasteiger partial charge on any atom is 0.0791 e. The van der Waals surface area contributed by atoms with Crippen LogP contribution in [0.5, 0.6) is 0 Å². The Hall–Kier alpha value is -0.940. The van der Waals surface area contributed by atoms with Crippen molar-refractivity contribution >= 4 is 0 Å². The zero-order chi connectivity index (χ0) is 12.8. The van der Waals surface area contributed by atoms with Crippen molar-refractivity contribution in [1.82, 2.24) is 10.2 Å². The normalized spacial score (nSPS) is 17.4. The number of β-amino-alcohol motifs (C(OH)–C–C–N with tert-alkyl or cyclic N) is 1. The largest absolute Gasteiger partial charge is 0.390 e. The van der Waals surface area contributed by atoms with Gasteiger partial charge in [0.25, 0.3) is 0 Å². The SMILES string of the molecule is NCCNC[C@H](O)CN1CCc2ccccc2C1. The van der Waals surface area contributed by atoms with Gasteiger partial charge < -0.3 is 16.2 Å². The van der Waals surface area contributed by atoms with E-state index in [1.807, 2.05) is 0 Å². The minimum atomic E-state index is -0.318. The highest BCUT2D eigenvalue weighted by Crippen LogP contribution is 2.18. The third-order valence-corrected chi connectivity index (χ3v) is 3.38. The van der Waals surface area contributed by atoms with E-state index in [1.54, 1.807) is 0 Å². The first-order valence-corrected chi connectivity index (χ1v) is 6.67. The topological polar surface area (TPSA) is 61.5 Å². The molecule has 0 spiro atoms. The molecule has 0 aromatic heterocycles. The number of hydrogen-bond donors (Lipinski definition) is 3. The van der Waals surface area contributed by atoms with Crippen molar-refractivity contribution in [3.8, 4) is 0 Å². The van der Waals surface area contributed by atoms with Crippen LogP contribution < -0.4 is 11.1 Å². The second-order valence-corrected chi connectivity index (χ2v) is 4.90. The van der Waals surface area contributed by atoms with Crippen LogP contribution in [0.2, 0.25) is 0 Å². The Kier molecular flexibility index (Phi) is 5.13. The molecule has 1 heterocycles. The number of fused-ring (bicyclic) bond motifs is 1. The minimum absolute atomic E-state index is 0.318. The lowest BCUT2D eigenvalue weighted by Gasteiger charge is -2.30. The first-order chi connectivity index (χ1) is 8.79. The van der Waals surface area contributed by atoms with E-state index in [-0.39, 0.29) is 6.10 Å². The molecule has 0 bridgehead atoms. The molecule has 0 unspecified atom stereocenters. The summed E-state index contributed by atoms with van der Waals surface area (Å²) in [5, 5.41) is 13.1. The fourth-order valence-corrected chi connectivity index (χ4v) is 2.44. The van der Waals surface area contributed by atoms with Gasteiger partial charge in [-0.3, -0.25) is 4.90 Å². The monoisotopic (exact) mass is 249 g/mol. The molecular formula is C14H23N3O. The number of hydrogen-bond acceptors (Lipinski definition) is 4. The maximum absolute atomic E-state index is 9.93. The summed E-state index contributed by atoms with van der Waals surface area (Å²) in [4.78, 5) is 2.32. The van der Waals surface area contributed by atoms with Crippen LogP contribution in [0.1, 0.15) is 11.1 Å². The van der Waals surface area contributed by atoms with Gasteiger partial charge in [0.2, 0.25) is 0 Å². The van der Waals surface area contributed by atoms with Crippen molar-refractivity contribution in [2.75, 3.05) is 32.7 Å². The van der Waals surface area contributed by atoms with Gasteiger partial charge in [0.15, 0.2) is 0 Å². The first kappa shape index (κ1) is 13.5. The van der Waals surface area contributed by atoms with E-state index >= 15 is 0 Å². The average molecular weight is 249 g/mol. The van der Waals surface area contributed by atoms with Gasteiger partial charge in [-0.15, -0.1) is 0 Å². The Labute approximate surface area is 109 Å². The number of benzene rings is 1. The van der Waals surface area contributed by atoms with Crippen LogP contribution in [0.25, 0.3) is 0 Å². The molecule has 1 atom stereocenters. The summed E-state index contributed by atoms with van der Waals surface area (Å²) in [5.74, 6) is 0. The number of nitrogens with one attached hydrogen (secondary N) is 1. The second kappa shape index (κ2) is 6.85. The van der Waals surface area contributed by atoms with Gasteiger partial charge in [-0.05, 0) is 17.5 Å². The van der Waals surface area contributed by atoms with Gasteiger partial charge in [-0.25, -0.2) is 0 Å². The van der Waals surface area contributed by atoms with Crippen LogP contribution in [0, 0.1) is 0 Å². The highest BCUT2D eigenvalue weighted by atomic mass is 16.3. The number of aliphatic hydroxyl groups is 1. The van der Waals surface area contributed by atoms with Crippen molar-refractivity contribution in [2.45, 2.75) is 19.1 Å². The van der Waals surface area contributed by atoms with E-state index in [4.69, 9.17) is 5.73 Å². The molecule has 4 N–H and O–H groups in total. The summed E-state index contributed by atoms with van der Waals surface area (Å²) in [7, 11) is 0. The number of aliphatic hydroxyl groups excluding tert-OH is 1. The zero-order valence-corrected chi connectivity index (χ0v) is 10.8. The van der Waals surface area contributed by atoms with Crippen molar-refractivity contribution < 1.29 is 5.11 Å². The summed E-state index contributed by atoms with van der Waals surface area (Å²) in [6, 6.07) is 8.56. The van der Waals surface area contributed by atoms with Gasteiger partial charge in [-0.2, -0.15) is 0 Å². The average Bonchev–Trinajstić information content (AvgIpc) is 2.39. The summed E-state index contributed by atoms with van der Waals surface area (Å²) in [5.41, 5.74) is 8.24. The molecule has 1 aliphatic heterocycles. The van der Waals surface area contributed by atoms with Gasteiger partial charge >= 0.3 is 0 Å². The fraction of sp³-hybridized carbons (Fsp3) is 0.571. The molecule has 0 saturated heterocycles. The molecule has 1 aliphatic rings. The molecule has 4 heteroatoms. The summed E-state index contributed by atoms with van der Waals surface area (Å²) in [6.07, 6.45) is 0.765. The molecule has 2 rings (SSSR count). The molecule has 0 saturated carbocycles. The van der Waals surface area contributed by atoms with Crippen molar-refractivity contribution in [3.05, 3.63) is 35.4 Å². The van der Waals surface area contributed by atoms with Crippen LogP contribution in [0.15, 0.2) is 24.3 Å². The van der Waals surface area contributed by atoms with Crippen LogP contribution in [-0.4, -0.2) is 48.8 Å². The molecule has 0 fully saturated rings. The quantitative estimate of drug-likeness (QED) is 0.619. The van der Waals surface area contributed by atoms with Gasteiger partial charge in [0, 0.05) is 39.3 Å². The lowest BCUT2D eigenvalue weighted by atomic mass is 10.00. The van der Waals surface area contributed by atoms with Crippen LogP contribution in [0.4, 0.5) is 0 Å². The Morgan fingerprint density at radius 2 is 2.11 bits per heavy atom. The smallest absolute Gasteiger partial charge is 0.0791 e. The molecule has 0 aliphatic carbocycles. The molecule has 4 nitrogen and oxygen atoms in total. The molecule has 18 heavy (non-hydrogen) atoms. The van der Waals surface area contributed by atoms with E-state index in [0.717, 1.165) is 32.6 Å². The highest BCUT2D eigenvalue weighted by Gasteiger charge is 2.17. The third-order valence-electron chi connectivity index (χ3n) is 3.38. The Balaban J connectivity index is 1.79. The Morgan fingerprint density at radius 1 is 1.33 bits per heavy atom. The lowest BCUT2D eigenvalue weighted by Crippen LogP contribution is -2.41. The van der Waals surface area contributed by atoms with E-state index in [2.05, 4.69) is 34.5 Å². The molecule has 1 aromatic rings. The number of nitrogens with zero attached hydrogens (tertiary/aromatic N) is 1. The van der Waals surface area contributed by atoms with E-state index in [9.17, 15) is 5.11 Å².